The van der Waals surface area contributed by atoms with Crippen molar-refractivity contribution in [3.8, 4) is 0 Å². The molecule has 0 spiro atoms. The number of carbonyl (C=O) groups is 1. The van der Waals surface area contributed by atoms with E-state index in [9.17, 15) is 4.79 Å². The maximum Gasteiger partial charge on any atom is 0.251 e. The van der Waals surface area contributed by atoms with Gasteiger partial charge in [0.15, 0.2) is 0 Å². The first kappa shape index (κ1) is 15.0. The van der Waals surface area contributed by atoms with Gasteiger partial charge in [0.25, 0.3) is 5.91 Å². The summed E-state index contributed by atoms with van der Waals surface area (Å²) in [4.78, 5) is 12.2. The number of rotatable bonds is 6. The van der Waals surface area contributed by atoms with Crippen LogP contribution in [0.25, 0.3) is 0 Å². The maximum absolute atomic E-state index is 12.2. The normalized spacial score (nSPS) is 19.8. The number of amides is 1. The van der Waals surface area contributed by atoms with Crippen LogP contribution in [0.4, 0.5) is 0 Å². The third kappa shape index (κ3) is 4.07. The first-order valence-corrected chi connectivity index (χ1v) is 7.72. The second-order valence-electron chi connectivity index (χ2n) is 5.61. The molecule has 0 unspecified atom stereocenters. The maximum atomic E-state index is 12.2. The molecule has 1 amide bonds. The summed E-state index contributed by atoms with van der Waals surface area (Å²) in [6, 6.07) is 8.03. The minimum absolute atomic E-state index is 0.00459. The summed E-state index contributed by atoms with van der Waals surface area (Å²) in [6.45, 7) is 5.02. The Hall–Kier alpha value is -1.35. The standard InChI is InChI=1S/C17H25NO2/c1-3-4-6-14-8-10-15(11-9-14)17(19)18-13(2)16-7-5-12-20-16/h8-11,13,16H,3-7,12H2,1-2H3,(H,18,19)/t13-,16+/m0/s1. The molecule has 1 aromatic rings. The molecular formula is C17H25NO2. The summed E-state index contributed by atoms with van der Waals surface area (Å²) in [6.07, 6.45) is 5.78. The average molecular weight is 275 g/mol. The van der Waals surface area contributed by atoms with Crippen LogP contribution in [-0.2, 0) is 11.2 Å². The van der Waals surface area contributed by atoms with Gasteiger partial charge < -0.3 is 10.1 Å². The zero-order valence-corrected chi connectivity index (χ0v) is 12.5. The Morgan fingerprint density at radius 3 is 2.75 bits per heavy atom. The van der Waals surface area contributed by atoms with Crippen molar-refractivity contribution in [1.82, 2.24) is 5.32 Å². The highest BCUT2D eigenvalue weighted by atomic mass is 16.5. The van der Waals surface area contributed by atoms with E-state index in [-0.39, 0.29) is 18.1 Å². The lowest BCUT2D eigenvalue weighted by Gasteiger charge is -2.20. The van der Waals surface area contributed by atoms with Crippen LogP contribution in [0.15, 0.2) is 24.3 Å². The van der Waals surface area contributed by atoms with Gasteiger partial charge in [0.1, 0.15) is 0 Å². The van der Waals surface area contributed by atoms with Gasteiger partial charge >= 0.3 is 0 Å². The largest absolute Gasteiger partial charge is 0.376 e. The molecule has 1 saturated heterocycles. The summed E-state index contributed by atoms with van der Waals surface area (Å²) in [5.74, 6) is -0.00459. The van der Waals surface area contributed by atoms with Crippen molar-refractivity contribution < 1.29 is 9.53 Å². The average Bonchev–Trinajstić information content (AvgIpc) is 3.00. The third-order valence-corrected chi connectivity index (χ3v) is 3.92. The predicted molar refractivity (Wildman–Crippen MR) is 81.0 cm³/mol. The number of benzene rings is 1. The molecular weight excluding hydrogens is 250 g/mol. The fraction of sp³-hybridized carbons (Fsp3) is 0.588. The summed E-state index contributed by atoms with van der Waals surface area (Å²) in [5, 5.41) is 3.04. The van der Waals surface area contributed by atoms with Crippen LogP contribution >= 0.6 is 0 Å². The molecule has 3 heteroatoms. The van der Waals surface area contributed by atoms with E-state index in [1.165, 1.54) is 18.4 Å². The monoisotopic (exact) mass is 275 g/mol. The second-order valence-corrected chi connectivity index (χ2v) is 5.61. The molecule has 1 N–H and O–H groups in total. The first-order chi connectivity index (χ1) is 9.70. The lowest BCUT2D eigenvalue weighted by Crippen LogP contribution is -2.40. The SMILES string of the molecule is CCCCc1ccc(C(=O)N[C@@H](C)[C@H]2CCCO2)cc1. The van der Waals surface area contributed by atoms with Crippen LogP contribution in [0.2, 0.25) is 0 Å². The Bertz CT molecular complexity index is 421. The Morgan fingerprint density at radius 2 is 2.15 bits per heavy atom. The van der Waals surface area contributed by atoms with E-state index in [2.05, 4.69) is 24.4 Å². The quantitative estimate of drug-likeness (QED) is 0.865. The lowest BCUT2D eigenvalue weighted by atomic mass is 10.1. The highest BCUT2D eigenvalue weighted by molar-refractivity contribution is 5.94. The van der Waals surface area contributed by atoms with Crippen molar-refractivity contribution in [1.29, 1.82) is 0 Å². The van der Waals surface area contributed by atoms with Gasteiger partial charge in [-0.05, 0) is 50.3 Å². The molecule has 0 saturated carbocycles. The number of unbranched alkanes of at least 4 members (excludes halogenated alkanes) is 1. The van der Waals surface area contributed by atoms with Crippen molar-refractivity contribution in [2.45, 2.75) is 58.1 Å². The molecule has 0 aliphatic carbocycles. The molecule has 1 aromatic carbocycles. The van der Waals surface area contributed by atoms with Crippen molar-refractivity contribution in [3.05, 3.63) is 35.4 Å². The van der Waals surface area contributed by atoms with E-state index < -0.39 is 0 Å². The fourth-order valence-electron chi connectivity index (χ4n) is 2.58. The Morgan fingerprint density at radius 1 is 1.40 bits per heavy atom. The van der Waals surface area contributed by atoms with E-state index in [0.29, 0.717) is 0 Å². The van der Waals surface area contributed by atoms with Crippen LogP contribution in [0.3, 0.4) is 0 Å². The van der Waals surface area contributed by atoms with E-state index in [1.807, 2.05) is 19.1 Å². The number of hydrogen-bond donors (Lipinski definition) is 1. The van der Waals surface area contributed by atoms with Gasteiger partial charge in [0, 0.05) is 12.2 Å². The zero-order chi connectivity index (χ0) is 14.4. The molecule has 1 heterocycles. The minimum atomic E-state index is -0.00459. The van der Waals surface area contributed by atoms with E-state index in [0.717, 1.165) is 31.4 Å². The highest BCUT2D eigenvalue weighted by Gasteiger charge is 2.23. The number of aryl methyl sites for hydroxylation is 1. The molecule has 0 radical (unpaired) electrons. The first-order valence-electron chi connectivity index (χ1n) is 7.72. The summed E-state index contributed by atoms with van der Waals surface area (Å²) < 4.78 is 5.60. The molecule has 0 bridgehead atoms. The smallest absolute Gasteiger partial charge is 0.251 e. The highest BCUT2D eigenvalue weighted by Crippen LogP contribution is 2.16. The lowest BCUT2D eigenvalue weighted by molar-refractivity contribution is 0.0712. The fourth-order valence-corrected chi connectivity index (χ4v) is 2.58. The molecule has 1 aliphatic rings. The molecule has 2 atom stereocenters. The molecule has 110 valence electrons. The van der Waals surface area contributed by atoms with Gasteiger partial charge in [-0.15, -0.1) is 0 Å². The second kappa shape index (κ2) is 7.44. The molecule has 20 heavy (non-hydrogen) atoms. The minimum Gasteiger partial charge on any atom is -0.376 e. The van der Waals surface area contributed by atoms with E-state index in [1.54, 1.807) is 0 Å². The number of nitrogens with one attached hydrogen (secondary N) is 1. The number of hydrogen-bond acceptors (Lipinski definition) is 2. The van der Waals surface area contributed by atoms with Gasteiger partial charge in [-0.3, -0.25) is 4.79 Å². The summed E-state index contributed by atoms with van der Waals surface area (Å²) in [5.41, 5.74) is 2.03. The topological polar surface area (TPSA) is 38.3 Å². The molecule has 1 aliphatic heterocycles. The Balaban J connectivity index is 1.88. The molecule has 2 rings (SSSR count). The predicted octanol–water partition coefficient (Wildman–Crippen LogP) is 3.33. The Kier molecular flexibility index (Phi) is 5.60. The van der Waals surface area contributed by atoms with Crippen molar-refractivity contribution in [3.63, 3.8) is 0 Å². The van der Waals surface area contributed by atoms with E-state index in [4.69, 9.17) is 4.74 Å². The molecule has 3 nitrogen and oxygen atoms in total. The van der Waals surface area contributed by atoms with Crippen LogP contribution in [0, 0.1) is 0 Å². The number of carbonyl (C=O) groups excluding carboxylic acids is 1. The van der Waals surface area contributed by atoms with Crippen LogP contribution in [0.5, 0.6) is 0 Å². The van der Waals surface area contributed by atoms with Crippen molar-refractivity contribution in [2.75, 3.05) is 6.61 Å². The number of ether oxygens (including phenoxy) is 1. The third-order valence-electron chi connectivity index (χ3n) is 3.92. The van der Waals surface area contributed by atoms with Crippen LogP contribution in [0.1, 0.15) is 55.5 Å². The van der Waals surface area contributed by atoms with Gasteiger partial charge in [0.05, 0.1) is 12.1 Å². The zero-order valence-electron chi connectivity index (χ0n) is 12.5. The van der Waals surface area contributed by atoms with Crippen LogP contribution < -0.4 is 5.32 Å². The van der Waals surface area contributed by atoms with Gasteiger partial charge in [0.2, 0.25) is 0 Å². The van der Waals surface area contributed by atoms with Gasteiger partial charge in [-0.25, -0.2) is 0 Å². The molecule has 1 fully saturated rings. The van der Waals surface area contributed by atoms with Crippen molar-refractivity contribution >= 4 is 5.91 Å². The van der Waals surface area contributed by atoms with E-state index >= 15 is 0 Å². The Labute approximate surface area is 121 Å². The van der Waals surface area contributed by atoms with Crippen molar-refractivity contribution in [2.24, 2.45) is 0 Å². The van der Waals surface area contributed by atoms with Gasteiger partial charge in [-0.2, -0.15) is 0 Å². The van der Waals surface area contributed by atoms with Gasteiger partial charge in [-0.1, -0.05) is 25.5 Å². The molecule has 0 aromatic heterocycles. The summed E-state index contributed by atoms with van der Waals surface area (Å²) in [7, 11) is 0. The van der Waals surface area contributed by atoms with Crippen LogP contribution in [-0.4, -0.2) is 24.7 Å². The summed E-state index contributed by atoms with van der Waals surface area (Å²) >= 11 is 0.